The number of nitrogens with zero attached hydrogens (tertiary/aromatic N) is 1. The first-order chi connectivity index (χ1) is 9.60. The summed E-state index contributed by atoms with van der Waals surface area (Å²) in [4.78, 5) is 22.7. The van der Waals surface area contributed by atoms with Crippen LogP contribution < -0.4 is 16.9 Å². The first kappa shape index (κ1) is 13.8. The van der Waals surface area contributed by atoms with Gasteiger partial charge in [0.1, 0.15) is 5.82 Å². The van der Waals surface area contributed by atoms with E-state index in [0.717, 1.165) is 16.8 Å². The van der Waals surface area contributed by atoms with Crippen LogP contribution in [-0.4, -0.2) is 16.3 Å². The largest absolute Gasteiger partial charge is 0.320 e. The molecule has 20 heavy (non-hydrogen) atoms. The monoisotopic (exact) mass is 273 g/mol. The van der Waals surface area contributed by atoms with Crippen molar-refractivity contribution in [2.75, 3.05) is 6.54 Å². The molecule has 0 unspecified atom stereocenters. The lowest BCUT2D eigenvalue weighted by atomic mass is 10.1. The van der Waals surface area contributed by atoms with Crippen molar-refractivity contribution in [3.05, 3.63) is 68.0 Å². The van der Waals surface area contributed by atoms with Gasteiger partial charge in [0.15, 0.2) is 0 Å². The van der Waals surface area contributed by atoms with E-state index in [1.54, 1.807) is 6.07 Å². The molecule has 0 amide bonds. The van der Waals surface area contributed by atoms with E-state index < -0.39 is 16.9 Å². The minimum atomic E-state index is -0.495. The van der Waals surface area contributed by atoms with Crippen LogP contribution in [0.5, 0.6) is 0 Å². The molecule has 0 radical (unpaired) electrons. The lowest BCUT2D eigenvalue weighted by Crippen LogP contribution is -2.28. The molecule has 2 rings (SSSR count). The minimum absolute atomic E-state index is 0.0503. The number of rotatable bonds is 2. The van der Waals surface area contributed by atoms with E-state index in [1.807, 2.05) is 0 Å². The third kappa shape index (κ3) is 3.22. The second-order valence-corrected chi connectivity index (χ2v) is 4.05. The summed E-state index contributed by atoms with van der Waals surface area (Å²) in [6.45, 7) is 0.148. The zero-order valence-corrected chi connectivity index (χ0v) is 10.5. The average Bonchev–Trinajstić information content (AvgIpc) is 2.43. The smallest absolute Gasteiger partial charge is 0.265 e. The number of hydrogen-bond donors (Lipinski definition) is 2. The Morgan fingerprint density at radius 3 is 2.75 bits per heavy atom. The summed E-state index contributed by atoms with van der Waals surface area (Å²) in [6, 6.07) is 6.68. The maximum Gasteiger partial charge on any atom is 0.265 e. The molecule has 5 nitrogen and oxygen atoms in total. The lowest BCUT2D eigenvalue weighted by molar-refractivity contribution is 0.568. The van der Waals surface area contributed by atoms with E-state index in [-0.39, 0.29) is 18.7 Å². The fourth-order valence-corrected chi connectivity index (χ4v) is 1.66. The van der Waals surface area contributed by atoms with Crippen molar-refractivity contribution in [1.82, 2.24) is 9.78 Å². The number of aromatic amines is 1. The summed E-state index contributed by atoms with van der Waals surface area (Å²) < 4.78 is 14.9. The predicted octanol–water partition coefficient (Wildman–Crippen LogP) is 0.0342. The normalized spacial score (nSPS) is 9.90. The molecule has 2 aromatic rings. The van der Waals surface area contributed by atoms with Gasteiger partial charge in [0, 0.05) is 23.3 Å². The molecule has 0 saturated carbocycles. The molecule has 0 aliphatic rings. The molecule has 0 aliphatic carbocycles. The Morgan fingerprint density at radius 1 is 1.25 bits per heavy atom. The van der Waals surface area contributed by atoms with E-state index in [2.05, 4.69) is 16.9 Å². The highest BCUT2D eigenvalue weighted by molar-refractivity contribution is 5.37. The molecule has 0 fully saturated rings. The summed E-state index contributed by atoms with van der Waals surface area (Å²) in [5.41, 5.74) is 5.20. The standard InChI is InChI=1S/C14H12FN3O2/c15-12-8-10(2-1-7-16)3-4-11(12)9-18-14(20)6-5-13(19)17-18/h3-6,8H,7,9,16H2,(H,17,19). The summed E-state index contributed by atoms with van der Waals surface area (Å²) >= 11 is 0. The molecule has 3 N–H and O–H groups in total. The van der Waals surface area contributed by atoms with Gasteiger partial charge in [0.2, 0.25) is 0 Å². The average molecular weight is 273 g/mol. The first-order valence-corrected chi connectivity index (χ1v) is 5.87. The molecular weight excluding hydrogens is 261 g/mol. The van der Waals surface area contributed by atoms with Gasteiger partial charge in [-0.15, -0.1) is 0 Å². The third-order valence-electron chi connectivity index (χ3n) is 2.60. The predicted molar refractivity (Wildman–Crippen MR) is 72.8 cm³/mol. The molecule has 1 aromatic heterocycles. The number of aromatic nitrogens is 2. The second-order valence-electron chi connectivity index (χ2n) is 4.05. The Kier molecular flexibility index (Phi) is 4.13. The van der Waals surface area contributed by atoms with Crippen molar-refractivity contribution in [2.24, 2.45) is 5.73 Å². The highest BCUT2D eigenvalue weighted by atomic mass is 19.1. The lowest BCUT2D eigenvalue weighted by Gasteiger charge is -2.06. The molecule has 1 heterocycles. The molecule has 6 heteroatoms. The quantitative estimate of drug-likeness (QED) is 0.758. The van der Waals surface area contributed by atoms with Crippen molar-refractivity contribution < 1.29 is 4.39 Å². The maximum atomic E-state index is 13.9. The third-order valence-corrected chi connectivity index (χ3v) is 2.60. The van der Waals surface area contributed by atoms with Crippen molar-refractivity contribution in [3.63, 3.8) is 0 Å². The zero-order valence-electron chi connectivity index (χ0n) is 10.5. The number of benzene rings is 1. The van der Waals surface area contributed by atoms with Crippen molar-refractivity contribution >= 4 is 0 Å². The SMILES string of the molecule is NCC#Cc1ccc(Cn2[nH]c(=O)ccc2=O)c(F)c1. The fraction of sp³-hybridized carbons (Fsp3) is 0.143. The molecular formula is C14H12FN3O2. The summed E-state index contributed by atoms with van der Waals surface area (Å²) in [5, 5.41) is 2.34. The molecule has 0 atom stereocenters. The molecule has 0 saturated heterocycles. The first-order valence-electron chi connectivity index (χ1n) is 5.87. The van der Waals surface area contributed by atoms with Gasteiger partial charge < -0.3 is 5.73 Å². The van der Waals surface area contributed by atoms with Crippen LogP contribution in [0.2, 0.25) is 0 Å². The second kappa shape index (κ2) is 5.99. The van der Waals surface area contributed by atoms with Crippen LogP contribution in [-0.2, 0) is 6.54 Å². The highest BCUT2D eigenvalue weighted by Gasteiger charge is 2.05. The fourth-order valence-electron chi connectivity index (χ4n) is 1.66. The van der Waals surface area contributed by atoms with Gasteiger partial charge in [0.05, 0.1) is 13.1 Å². The van der Waals surface area contributed by atoms with Crippen molar-refractivity contribution in [2.45, 2.75) is 6.54 Å². The van der Waals surface area contributed by atoms with E-state index in [0.29, 0.717) is 5.56 Å². The van der Waals surface area contributed by atoms with Crippen LogP contribution in [0, 0.1) is 17.7 Å². The molecule has 0 spiro atoms. The topological polar surface area (TPSA) is 80.9 Å². The molecule has 0 bridgehead atoms. The van der Waals surface area contributed by atoms with Crippen LogP contribution in [0.25, 0.3) is 0 Å². The number of H-pyrrole nitrogens is 1. The Morgan fingerprint density at radius 2 is 2.05 bits per heavy atom. The van der Waals surface area contributed by atoms with Crippen molar-refractivity contribution in [1.29, 1.82) is 0 Å². The Hall–Kier alpha value is -2.65. The van der Waals surface area contributed by atoms with Crippen molar-refractivity contribution in [3.8, 4) is 11.8 Å². The van der Waals surface area contributed by atoms with Gasteiger partial charge in [-0.3, -0.25) is 14.7 Å². The Balaban J connectivity index is 2.32. The molecule has 102 valence electrons. The Bertz CT molecular complexity index is 796. The van der Waals surface area contributed by atoms with Gasteiger partial charge >= 0.3 is 0 Å². The van der Waals surface area contributed by atoms with Gasteiger partial charge in [-0.1, -0.05) is 17.9 Å². The summed E-state index contributed by atoms with van der Waals surface area (Å²) in [6.07, 6.45) is 0. The van der Waals surface area contributed by atoms with Crippen LogP contribution in [0.15, 0.2) is 39.9 Å². The number of nitrogens with two attached hydrogens (primary N) is 1. The van der Waals surface area contributed by atoms with E-state index in [1.165, 1.54) is 12.1 Å². The van der Waals surface area contributed by atoms with Gasteiger partial charge in [-0.2, -0.15) is 0 Å². The Labute approximate surface area is 113 Å². The van der Waals surface area contributed by atoms with Gasteiger partial charge in [0.25, 0.3) is 11.1 Å². The van der Waals surface area contributed by atoms with Gasteiger partial charge in [-0.05, 0) is 12.1 Å². The van der Waals surface area contributed by atoms with Crippen LogP contribution in [0.1, 0.15) is 11.1 Å². The summed E-state index contributed by atoms with van der Waals surface area (Å²) in [5.74, 6) is 4.85. The molecule has 0 aliphatic heterocycles. The number of halogens is 1. The van der Waals surface area contributed by atoms with Crippen LogP contribution in [0.4, 0.5) is 4.39 Å². The van der Waals surface area contributed by atoms with Crippen LogP contribution >= 0.6 is 0 Å². The minimum Gasteiger partial charge on any atom is -0.320 e. The zero-order chi connectivity index (χ0) is 14.5. The van der Waals surface area contributed by atoms with Crippen LogP contribution in [0.3, 0.4) is 0 Å². The maximum absolute atomic E-state index is 13.9. The summed E-state index contributed by atoms with van der Waals surface area (Å²) in [7, 11) is 0. The van der Waals surface area contributed by atoms with Gasteiger partial charge in [-0.25, -0.2) is 9.07 Å². The highest BCUT2D eigenvalue weighted by Crippen LogP contribution is 2.10. The van der Waals surface area contributed by atoms with E-state index >= 15 is 0 Å². The van der Waals surface area contributed by atoms with E-state index in [9.17, 15) is 14.0 Å². The molecule has 1 aromatic carbocycles. The number of hydrogen-bond acceptors (Lipinski definition) is 3. The number of nitrogens with one attached hydrogen (secondary N) is 1. The van der Waals surface area contributed by atoms with E-state index in [4.69, 9.17) is 5.73 Å².